The Kier molecular flexibility index (Phi) is 19.0. The van der Waals surface area contributed by atoms with Gasteiger partial charge in [0.25, 0.3) is 0 Å². The Morgan fingerprint density at radius 1 is 0.720 bits per heavy atom. The molecule has 7 heteroatoms. The van der Waals surface area contributed by atoms with Gasteiger partial charge in [0.1, 0.15) is 0 Å². The molecule has 0 heterocycles. The van der Waals surface area contributed by atoms with Crippen LogP contribution in [0.25, 0.3) is 0 Å². The second kappa shape index (κ2) is 18.6. The molecule has 0 aliphatic heterocycles. The first-order chi connectivity index (χ1) is 11.9. The average Bonchev–Trinajstić information content (AvgIpc) is 2.57. The van der Waals surface area contributed by atoms with Gasteiger partial charge in [-0.15, -0.1) is 0 Å². The van der Waals surface area contributed by atoms with Crippen molar-refractivity contribution in [3.05, 3.63) is 24.3 Å². The van der Waals surface area contributed by atoms with E-state index < -0.39 is 11.9 Å². The van der Waals surface area contributed by atoms with E-state index in [4.69, 9.17) is 24.4 Å². The average molecular weight is 360 g/mol. The van der Waals surface area contributed by atoms with Gasteiger partial charge in [0.15, 0.2) is 0 Å². The number of ether oxygens (including phenoxy) is 3. The minimum Gasteiger partial charge on any atom is -0.478 e. The number of aliphatic carboxylic acids is 2. The molecule has 0 spiro atoms. The third-order valence-corrected chi connectivity index (χ3v) is 2.92. The molecule has 0 saturated heterocycles. The Morgan fingerprint density at radius 2 is 1.08 bits per heavy atom. The molecule has 2 N–H and O–H groups in total. The molecule has 0 aliphatic rings. The van der Waals surface area contributed by atoms with Crippen molar-refractivity contribution in [2.45, 2.75) is 39.5 Å². The smallest absolute Gasteiger partial charge is 0.330 e. The molecule has 0 atom stereocenters. The first-order valence-corrected chi connectivity index (χ1v) is 8.42. The van der Waals surface area contributed by atoms with Crippen LogP contribution in [0.1, 0.15) is 39.5 Å². The molecule has 0 bridgehead atoms. The lowest BCUT2D eigenvalue weighted by atomic mass is 10.2. The third kappa shape index (κ3) is 20.3. The fourth-order valence-electron chi connectivity index (χ4n) is 1.50. The predicted molar refractivity (Wildman–Crippen MR) is 95.8 cm³/mol. The highest BCUT2D eigenvalue weighted by molar-refractivity contribution is 5.85. The van der Waals surface area contributed by atoms with Gasteiger partial charge in [0.2, 0.25) is 0 Å². The number of rotatable bonds is 15. The van der Waals surface area contributed by atoms with Gasteiger partial charge < -0.3 is 24.4 Å². The van der Waals surface area contributed by atoms with Crippen molar-refractivity contribution in [3.8, 4) is 0 Å². The van der Waals surface area contributed by atoms with Crippen LogP contribution in [0.4, 0.5) is 0 Å². The number of hydrogen-bond donors (Lipinski definition) is 2. The SMILES string of the molecule is C=C(CCCOCC)C(=O)O.C=C(CCCOCCOCC)C(=O)O. The van der Waals surface area contributed by atoms with Crippen molar-refractivity contribution in [1.29, 1.82) is 0 Å². The lowest BCUT2D eigenvalue weighted by Gasteiger charge is -2.04. The van der Waals surface area contributed by atoms with Gasteiger partial charge >= 0.3 is 11.9 Å². The summed E-state index contributed by atoms with van der Waals surface area (Å²) in [7, 11) is 0. The summed E-state index contributed by atoms with van der Waals surface area (Å²) in [5, 5.41) is 16.9. The van der Waals surface area contributed by atoms with Crippen LogP contribution >= 0.6 is 0 Å². The lowest BCUT2D eigenvalue weighted by Crippen LogP contribution is -2.06. The number of hydrogen-bond acceptors (Lipinski definition) is 5. The van der Waals surface area contributed by atoms with Gasteiger partial charge in [-0.3, -0.25) is 0 Å². The monoisotopic (exact) mass is 360 g/mol. The van der Waals surface area contributed by atoms with Crippen molar-refractivity contribution in [3.63, 3.8) is 0 Å². The summed E-state index contributed by atoms with van der Waals surface area (Å²) in [6, 6.07) is 0. The van der Waals surface area contributed by atoms with E-state index in [1.807, 2.05) is 13.8 Å². The van der Waals surface area contributed by atoms with Gasteiger partial charge in [-0.05, 0) is 39.5 Å². The molecule has 0 aromatic rings. The standard InChI is InChI=1S/C10H18O4.C8H14O3/c1-3-13-7-8-14-6-4-5-9(2)10(11)12;1-3-11-6-4-5-7(2)8(9)10/h2-8H2,1H3,(H,11,12);2-6H2,1H3,(H,9,10). The van der Waals surface area contributed by atoms with Crippen molar-refractivity contribution in [2.75, 3.05) is 39.6 Å². The molecule has 25 heavy (non-hydrogen) atoms. The molecular formula is C18H32O7. The molecule has 0 amide bonds. The topological polar surface area (TPSA) is 102 Å². The van der Waals surface area contributed by atoms with Crippen LogP contribution < -0.4 is 0 Å². The first kappa shape index (κ1) is 25.5. The van der Waals surface area contributed by atoms with E-state index in [1.165, 1.54) is 0 Å². The molecule has 0 radical (unpaired) electrons. The second-order valence-electron chi connectivity index (χ2n) is 5.03. The quantitative estimate of drug-likeness (QED) is 0.342. The molecule has 0 aromatic heterocycles. The molecule has 7 nitrogen and oxygen atoms in total. The summed E-state index contributed by atoms with van der Waals surface area (Å²) in [6.45, 7) is 14.4. The Labute approximate surface area is 150 Å². The maximum atomic E-state index is 10.3. The van der Waals surface area contributed by atoms with Crippen LogP contribution in [0.2, 0.25) is 0 Å². The number of carbonyl (C=O) groups is 2. The molecule has 146 valence electrons. The summed E-state index contributed by atoms with van der Waals surface area (Å²) in [5.74, 6) is -1.85. The van der Waals surface area contributed by atoms with E-state index in [0.29, 0.717) is 58.9 Å². The molecule has 0 unspecified atom stereocenters. The molecular weight excluding hydrogens is 328 g/mol. The van der Waals surface area contributed by atoms with Crippen molar-refractivity contribution >= 4 is 11.9 Å². The Bertz CT molecular complexity index is 391. The summed E-state index contributed by atoms with van der Waals surface area (Å²) < 4.78 is 15.3. The normalized spacial score (nSPS) is 9.84. The zero-order chi connectivity index (χ0) is 19.5. The number of carboxylic acid groups (broad SMARTS) is 2. The van der Waals surface area contributed by atoms with Crippen molar-refractivity contribution in [2.24, 2.45) is 0 Å². The van der Waals surface area contributed by atoms with Crippen LogP contribution in [-0.4, -0.2) is 61.8 Å². The molecule has 0 fully saturated rings. The molecule has 0 aromatic carbocycles. The Morgan fingerprint density at radius 3 is 1.48 bits per heavy atom. The van der Waals surface area contributed by atoms with Gasteiger partial charge in [-0.1, -0.05) is 13.2 Å². The van der Waals surface area contributed by atoms with Gasteiger partial charge in [-0.25, -0.2) is 9.59 Å². The van der Waals surface area contributed by atoms with Gasteiger partial charge in [-0.2, -0.15) is 0 Å². The van der Waals surface area contributed by atoms with Crippen LogP contribution in [0.3, 0.4) is 0 Å². The predicted octanol–water partition coefficient (Wildman–Crippen LogP) is 2.90. The van der Waals surface area contributed by atoms with Crippen LogP contribution in [0.5, 0.6) is 0 Å². The molecule has 0 aliphatic carbocycles. The second-order valence-corrected chi connectivity index (χ2v) is 5.03. The first-order valence-electron chi connectivity index (χ1n) is 8.42. The molecule has 0 rings (SSSR count). The van der Waals surface area contributed by atoms with E-state index >= 15 is 0 Å². The minimum atomic E-state index is -0.931. The third-order valence-electron chi connectivity index (χ3n) is 2.92. The van der Waals surface area contributed by atoms with Crippen LogP contribution in [0, 0.1) is 0 Å². The van der Waals surface area contributed by atoms with Gasteiger partial charge in [0, 0.05) is 37.6 Å². The fourth-order valence-corrected chi connectivity index (χ4v) is 1.50. The maximum absolute atomic E-state index is 10.3. The van der Waals surface area contributed by atoms with E-state index in [-0.39, 0.29) is 11.1 Å². The summed E-state index contributed by atoms with van der Waals surface area (Å²) in [4.78, 5) is 20.6. The van der Waals surface area contributed by atoms with Crippen molar-refractivity contribution in [1.82, 2.24) is 0 Å². The van der Waals surface area contributed by atoms with Crippen molar-refractivity contribution < 1.29 is 34.0 Å². The fraction of sp³-hybridized carbons (Fsp3) is 0.667. The number of carboxylic acids is 2. The largest absolute Gasteiger partial charge is 0.478 e. The summed E-state index contributed by atoms with van der Waals surface area (Å²) in [6.07, 6.45) is 2.41. The van der Waals surface area contributed by atoms with Crippen LogP contribution in [-0.2, 0) is 23.8 Å². The van der Waals surface area contributed by atoms with E-state index in [1.54, 1.807) is 0 Å². The van der Waals surface area contributed by atoms with E-state index in [0.717, 1.165) is 6.42 Å². The highest BCUT2D eigenvalue weighted by Crippen LogP contribution is 2.02. The Balaban J connectivity index is 0. The van der Waals surface area contributed by atoms with E-state index in [2.05, 4.69) is 13.2 Å². The Hall–Kier alpha value is -1.70. The van der Waals surface area contributed by atoms with E-state index in [9.17, 15) is 9.59 Å². The minimum absolute atomic E-state index is 0.235. The zero-order valence-electron chi connectivity index (χ0n) is 15.4. The summed E-state index contributed by atoms with van der Waals surface area (Å²) >= 11 is 0. The van der Waals surface area contributed by atoms with Crippen LogP contribution in [0.15, 0.2) is 24.3 Å². The zero-order valence-corrected chi connectivity index (χ0v) is 15.4. The lowest BCUT2D eigenvalue weighted by molar-refractivity contribution is -0.133. The molecule has 0 saturated carbocycles. The highest BCUT2D eigenvalue weighted by Gasteiger charge is 2.02. The summed E-state index contributed by atoms with van der Waals surface area (Å²) in [5.41, 5.74) is 0.489. The highest BCUT2D eigenvalue weighted by atomic mass is 16.5. The van der Waals surface area contributed by atoms with Gasteiger partial charge in [0.05, 0.1) is 13.2 Å². The maximum Gasteiger partial charge on any atom is 0.330 e.